The molecular weight excluding hydrogens is 471 g/mol. The molecule has 36 heavy (non-hydrogen) atoms. The summed E-state index contributed by atoms with van der Waals surface area (Å²) in [5, 5.41) is 9.00. The van der Waals surface area contributed by atoms with Crippen molar-refractivity contribution in [3.05, 3.63) is 77.6 Å². The third-order valence-corrected chi connectivity index (χ3v) is 6.11. The van der Waals surface area contributed by atoms with Crippen molar-refractivity contribution in [3.8, 4) is 5.88 Å². The summed E-state index contributed by atoms with van der Waals surface area (Å²) < 4.78 is 45.1. The zero-order valence-electron chi connectivity index (χ0n) is 19.8. The number of hydrogen-bond donors (Lipinski definition) is 3. The Labute approximate surface area is 207 Å². The minimum absolute atomic E-state index is 0.0448. The van der Waals surface area contributed by atoms with Crippen molar-refractivity contribution in [3.63, 3.8) is 0 Å². The van der Waals surface area contributed by atoms with Crippen molar-refractivity contribution in [1.29, 1.82) is 0 Å². The first-order valence-electron chi connectivity index (χ1n) is 11.8. The van der Waals surface area contributed by atoms with Gasteiger partial charge < -0.3 is 20.7 Å². The molecule has 1 aliphatic heterocycles. The SMILES string of the molecule is CC(Oc1cc(CNc2ncccc2C(=O)Nc2cccc(C(F)(F)F)c2)ccn1)C1CCNCC1. The maximum Gasteiger partial charge on any atom is 0.416 e. The molecule has 190 valence electrons. The Bertz CT molecular complexity index is 1180. The van der Waals surface area contributed by atoms with Crippen LogP contribution in [0.15, 0.2) is 60.9 Å². The van der Waals surface area contributed by atoms with Crippen LogP contribution in [0.1, 0.15) is 41.3 Å². The number of nitrogens with zero attached hydrogens (tertiary/aromatic N) is 2. The fraction of sp³-hybridized carbons (Fsp3) is 0.346. The van der Waals surface area contributed by atoms with Gasteiger partial charge >= 0.3 is 6.18 Å². The van der Waals surface area contributed by atoms with Crippen molar-refractivity contribution >= 4 is 17.4 Å². The van der Waals surface area contributed by atoms with Gasteiger partial charge in [-0.05, 0) is 80.7 Å². The van der Waals surface area contributed by atoms with E-state index in [1.54, 1.807) is 18.3 Å². The fourth-order valence-electron chi connectivity index (χ4n) is 4.11. The third-order valence-electron chi connectivity index (χ3n) is 6.11. The molecule has 1 unspecified atom stereocenters. The van der Waals surface area contributed by atoms with Crippen molar-refractivity contribution in [1.82, 2.24) is 15.3 Å². The van der Waals surface area contributed by atoms with Crippen molar-refractivity contribution in [2.24, 2.45) is 5.92 Å². The highest BCUT2D eigenvalue weighted by Crippen LogP contribution is 2.31. The summed E-state index contributed by atoms with van der Waals surface area (Å²) >= 11 is 0. The van der Waals surface area contributed by atoms with E-state index in [1.165, 1.54) is 18.3 Å². The molecular formula is C26H28F3N5O2. The zero-order chi connectivity index (χ0) is 25.5. The molecule has 1 aromatic carbocycles. The number of alkyl halides is 3. The molecule has 4 rings (SSSR count). The van der Waals surface area contributed by atoms with Crippen LogP contribution in [-0.2, 0) is 12.7 Å². The van der Waals surface area contributed by atoms with Gasteiger partial charge in [0.05, 0.1) is 11.1 Å². The quantitative estimate of drug-likeness (QED) is 0.399. The second-order valence-electron chi connectivity index (χ2n) is 8.70. The molecule has 0 bridgehead atoms. The Morgan fingerprint density at radius 2 is 1.92 bits per heavy atom. The summed E-state index contributed by atoms with van der Waals surface area (Å²) in [5.41, 5.74) is 0.297. The van der Waals surface area contributed by atoms with Gasteiger partial charge in [0.25, 0.3) is 5.91 Å². The highest BCUT2D eigenvalue weighted by molar-refractivity contribution is 6.07. The molecule has 3 aromatic rings. The molecule has 0 saturated carbocycles. The van der Waals surface area contributed by atoms with Crippen LogP contribution in [0, 0.1) is 5.92 Å². The van der Waals surface area contributed by atoms with Crippen molar-refractivity contribution in [2.75, 3.05) is 23.7 Å². The number of nitrogens with one attached hydrogen (secondary N) is 3. The van der Waals surface area contributed by atoms with E-state index in [9.17, 15) is 18.0 Å². The molecule has 1 saturated heterocycles. The summed E-state index contributed by atoms with van der Waals surface area (Å²) in [7, 11) is 0. The van der Waals surface area contributed by atoms with Gasteiger partial charge in [-0.2, -0.15) is 13.2 Å². The van der Waals surface area contributed by atoms with Crippen molar-refractivity contribution in [2.45, 2.75) is 38.6 Å². The van der Waals surface area contributed by atoms with E-state index < -0.39 is 17.6 Å². The highest BCUT2D eigenvalue weighted by atomic mass is 19.4. The van der Waals surface area contributed by atoms with E-state index in [0.29, 0.717) is 24.2 Å². The minimum atomic E-state index is -4.50. The first-order valence-corrected chi connectivity index (χ1v) is 11.8. The van der Waals surface area contributed by atoms with E-state index in [0.717, 1.165) is 43.6 Å². The zero-order valence-corrected chi connectivity index (χ0v) is 19.8. The second kappa shape index (κ2) is 11.4. The lowest BCUT2D eigenvalue weighted by Crippen LogP contribution is -2.35. The number of carbonyl (C=O) groups is 1. The number of anilines is 2. The van der Waals surface area contributed by atoms with Gasteiger partial charge in [0.15, 0.2) is 0 Å². The predicted molar refractivity (Wildman–Crippen MR) is 131 cm³/mol. The average Bonchev–Trinajstić information content (AvgIpc) is 2.88. The largest absolute Gasteiger partial charge is 0.474 e. The maximum atomic E-state index is 13.0. The van der Waals surface area contributed by atoms with Crippen LogP contribution in [0.5, 0.6) is 5.88 Å². The lowest BCUT2D eigenvalue weighted by atomic mass is 9.93. The van der Waals surface area contributed by atoms with Crippen LogP contribution in [0.25, 0.3) is 0 Å². The molecule has 10 heteroatoms. The molecule has 0 radical (unpaired) electrons. The first kappa shape index (κ1) is 25.4. The van der Waals surface area contributed by atoms with Gasteiger partial charge in [0, 0.05) is 30.7 Å². The maximum absolute atomic E-state index is 13.0. The monoisotopic (exact) mass is 499 g/mol. The van der Waals surface area contributed by atoms with Gasteiger partial charge in [-0.3, -0.25) is 4.79 Å². The molecule has 1 aliphatic rings. The lowest BCUT2D eigenvalue weighted by molar-refractivity contribution is -0.137. The van der Waals surface area contributed by atoms with E-state index in [-0.39, 0.29) is 17.4 Å². The Hall–Kier alpha value is -3.66. The molecule has 7 nitrogen and oxygen atoms in total. The predicted octanol–water partition coefficient (Wildman–Crippen LogP) is 5.13. The summed E-state index contributed by atoms with van der Waals surface area (Å²) in [4.78, 5) is 21.4. The van der Waals surface area contributed by atoms with Gasteiger partial charge in [-0.15, -0.1) is 0 Å². The van der Waals surface area contributed by atoms with Gasteiger partial charge in [-0.25, -0.2) is 9.97 Å². The normalized spacial score (nSPS) is 15.2. The smallest absolute Gasteiger partial charge is 0.416 e. The number of halogens is 3. The van der Waals surface area contributed by atoms with Crippen LogP contribution in [0.4, 0.5) is 24.7 Å². The Morgan fingerprint density at radius 3 is 2.69 bits per heavy atom. The molecule has 0 spiro atoms. The highest BCUT2D eigenvalue weighted by Gasteiger charge is 2.30. The Morgan fingerprint density at radius 1 is 1.11 bits per heavy atom. The third kappa shape index (κ3) is 6.72. The molecule has 1 fully saturated rings. The number of aromatic nitrogens is 2. The van der Waals surface area contributed by atoms with Crippen LogP contribution >= 0.6 is 0 Å². The van der Waals surface area contributed by atoms with E-state index in [1.807, 2.05) is 12.1 Å². The van der Waals surface area contributed by atoms with E-state index in [2.05, 4.69) is 32.8 Å². The van der Waals surface area contributed by atoms with E-state index in [4.69, 9.17) is 4.74 Å². The molecule has 1 atom stereocenters. The molecule has 1 amide bonds. The molecule has 0 aliphatic carbocycles. The van der Waals surface area contributed by atoms with Crippen LogP contribution in [-0.4, -0.2) is 35.1 Å². The second-order valence-corrected chi connectivity index (χ2v) is 8.70. The average molecular weight is 500 g/mol. The van der Waals surface area contributed by atoms with Crippen LogP contribution in [0.2, 0.25) is 0 Å². The number of ether oxygens (including phenoxy) is 1. The summed E-state index contributed by atoms with van der Waals surface area (Å²) in [6.45, 7) is 4.39. The molecule has 2 aromatic heterocycles. The first-order chi connectivity index (χ1) is 17.3. The topological polar surface area (TPSA) is 88.2 Å². The Balaban J connectivity index is 1.40. The number of benzene rings is 1. The minimum Gasteiger partial charge on any atom is -0.474 e. The fourth-order valence-corrected chi connectivity index (χ4v) is 4.11. The summed E-state index contributed by atoms with van der Waals surface area (Å²) in [5.74, 6) is 0.744. The number of piperidine rings is 1. The van der Waals surface area contributed by atoms with Gasteiger partial charge in [-0.1, -0.05) is 6.07 Å². The standard InChI is InChI=1S/C26H28F3N5O2/c1-17(19-8-11-30-12-9-19)36-23-14-18(7-13-31-23)16-33-24-22(6-3-10-32-24)25(35)34-21-5-2-4-20(15-21)26(27,28)29/h2-7,10,13-15,17,19,30H,8-9,11-12,16H2,1H3,(H,32,33)(H,34,35). The van der Waals surface area contributed by atoms with Crippen LogP contribution in [0.3, 0.4) is 0 Å². The number of pyridine rings is 2. The number of carbonyl (C=O) groups excluding carboxylic acids is 1. The summed E-state index contributed by atoms with van der Waals surface area (Å²) in [6, 6.07) is 11.3. The molecule has 3 heterocycles. The van der Waals surface area contributed by atoms with Crippen LogP contribution < -0.4 is 20.7 Å². The molecule has 3 N–H and O–H groups in total. The number of amides is 1. The number of rotatable bonds is 8. The van der Waals surface area contributed by atoms with E-state index >= 15 is 0 Å². The Kier molecular flexibility index (Phi) is 8.04. The lowest BCUT2D eigenvalue weighted by Gasteiger charge is -2.28. The van der Waals surface area contributed by atoms with Gasteiger partial charge in [0.1, 0.15) is 11.9 Å². The van der Waals surface area contributed by atoms with Gasteiger partial charge in [0.2, 0.25) is 5.88 Å². The number of hydrogen-bond acceptors (Lipinski definition) is 6. The van der Waals surface area contributed by atoms with Crippen molar-refractivity contribution < 1.29 is 22.7 Å². The summed E-state index contributed by atoms with van der Waals surface area (Å²) in [6.07, 6.45) is 0.873.